The fraction of sp³-hybridized carbons (Fsp3) is 0.960. The van der Waals surface area contributed by atoms with Gasteiger partial charge in [-0.3, -0.25) is 9.80 Å². The van der Waals surface area contributed by atoms with Gasteiger partial charge in [-0.15, -0.1) is 0 Å². The van der Waals surface area contributed by atoms with E-state index in [-0.39, 0.29) is 0 Å². The van der Waals surface area contributed by atoms with E-state index < -0.39 is 0 Å². The number of thiocarbonyl (C=S) groups is 1. The SMILES string of the molecule is S=C1NCCOCCOCCN2CCOCCOCCN(CCOCCOCCN1)CCOCCOCC2. The molecule has 3 saturated heterocycles. The molecule has 3 aliphatic rings. The minimum Gasteiger partial charge on any atom is -0.378 e. The average molecular weight is 567 g/mol. The molecule has 0 aliphatic carbocycles. The van der Waals surface area contributed by atoms with Gasteiger partial charge in [0.15, 0.2) is 5.11 Å². The Morgan fingerprint density at radius 2 is 0.605 bits per heavy atom. The summed E-state index contributed by atoms with van der Waals surface area (Å²) < 4.78 is 46.0. The summed E-state index contributed by atoms with van der Waals surface area (Å²) in [5, 5.41) is 6.85. The summed E-state index contributed by atoms with van der Waals surface area (Å²) in [7, 11) is 0. The number of rotatable bonds is 0. The molecule has 0 aromatic heterocycles. The molecule has 3 aliphatic heterocycles. The molecule has 0 saturated carbocycles. The van der Waals surface area contributed by atoms with E-state index >= 15 is 0 Å². The molecule has 3 fully saturated rings. The second-order valence-corrected chi connectivity index (χ2v) is 9.17. The first-order chi connectivity index (χ1) is 18.8. The maximum absolute atomic E-state index is 5.80. The van der Waals surface area contributed by atoms with Crippen molar-refractivity contribution in [1.29, 1.82) is 0 Å². The molecule has 0 atom stereocenters. The van der Waals surface area contributed by atoms with E-state index in [0.29, 0.717) is 124 Å². The predicted molar refractivity (Wildman–Crippen MR) is 148 cm³/mol. The maximum atomic E-state index is 5.80. The molecule has 0 aromatic rings. The van der Waals surface area contributed by atoms with Crippen LogP contribution in [0, 0.1) is 0 Å². The van der Waals surface area contributed by atoms with Gasteiger partial charge in [-0.05, 0) is 12.2 Å². The van der Waals surface area contributed by atoms with Crippen molar-refractivity contribution in [1.82, 2.24) is 20.4 Å². The summed E-state index contributed by atoms with van der Waals surface area (Å²) >= 11 is 5.27. The number of nitrogens with one attached hydrogen (secondary N) is 2. The first-order valence-electron chi connectivity index (χ1n) is 13.9. The molecule has 0 amide bonds. The molecular formula is C25H50N4O8S. The lowest BCUT2D eigenvalue weighted by Crippen LogP contribution is -2.38. The second kappa shape index (κ2) is 25.3. The Morgan fingerprint density at radius 1 is 0.368 bits per heavy atom. The molecule has 0 aromatic carbocycles. The van der Waals surface area contributed by atoms with Crippen molar-refractivity contribution in [2.24, 2.45) is 0 Å². The highest BCUT2D eigenvalue weighted by molar-refractivity contribution is 7.80. The minimum absolute atomic E-state index is 0.543. The van der Waals surface area contributed by atoms with Crippen LogP contribution in [0.3, 0.4) is 0 Å². The van der Waals surface area contributed by atoms with Crippen LogP contribution in [0.25, 0.3) is 0 Å². The van der Waals surface area contributed by atoms with Gasteiger partial charge in [0, 0.05) is 52.4 Å². The fourth-order valence-corrected chi connectivity index (χ4v) is 3.86. The van der Waals surface area contributed by atoms with Crippen LogP contribution in [0.15, 0.2) is 0 Å². The summed E-state index contributed by atoms with van der Waals surface area (Å²) in [6.45, 7) is 15.7. The first kappa shape index (κ1) is 33.5. The van der Waals surface area contributed by atoms with Gasteiger partial charge in [-0.1, -0.05) is 0 Å². The smallest absolute Gasteiger partial charge is 0.166 e. The maximum Gasteiger partial charge on any atom is 0.166 e. The molecule has 2 bridgehead atoms. The van der Waals surface area contributed by atoms with E-state index in [0.717, 1.165) is 39.3 Å². The molecule has 0 spiro atoms. The van der Waals surface area contributed by atoms with Gasteiger partial charge in [-0.25, -0.2) is 0 Å². The topological polar surface area (TPSA) is 104 Å². The summed E-state index contributed by atoms with van der Waals surface area (Å²) in [5.74, 6) is 0. The Balaban J connectivity index is 1.80. The molecule has 224 valence electrons. The standard InChI is InChI=1S/C25H50N4O8S/c38-25-26-1-9-30-17-19-32-11-3-28-5-13-34-21-23-36-15-7-29(8-16-37-24-22-35-14-6-28)4-12-33-20-18-31-10-2-27-25/h1-24H2,(H2,26,27,38). The van der Waals surface area contributed by atoms with Crippen LogP contribution in [-0.2, 0) is 37.9 Å². The lowest BCUT2D eigenvalue weighted by molar-refractivity contribution is -0.00354. The third-order valence-electron chi connectivity index (χ3n) is 5.86. The Hall–Kier alpha value is -0.710. The molecule has 3 rings (SSSR count). The van der Waals surface area contributed by atoms with Crippen molar-refractivity contribution in [2.75, 3.05) is 158 Å². The summed E-state index contributed by atoms with van der Waals surface area (Å²) in [4.78, 5) is 4.59. The van der Waals surface area contributed by atoms with Crippen LogP contribution in [0.4, 0.5) is 0 Å². The zero-order chi connectivity index (χ0) is 26.8. The molecule has 38 heavy (non-hydrogen) atoms. The van der Waals surface area contributed by atoms with E-state index in [9.17, 15) is 0 Å². The normalized spacial score (nSPS) is 27.7. The number of hydrogen-bond donors (Lipinski definition) is 2. The zero-order valence-electron chi connectivity index (χ0n) is 23.0. The third kappa shape index (κ3) is 20.2. The molecule has 0 unspecified atom stereocenters. The third-order valence-corrected chi connectivity index (χ3v) is 6.15. The van der Waals surface area contributed by atoms with Gasteiger partial charge < -0.3 is 48.5 Å². The van der Waals surface area contributed by atoms with Gasteiger partial charge in [0.25, 0.3) is 0 Å². The van der Waals surface area contributed by atoms with Gasteiger partial charge in [0.1, 0.15) is 0 Å². The van der Waals surface area contributed by atoms with Gasteiger partial charge in [0.05, 0.1) is 106 Å². The Bertz CT molecular complexity index is 491. The van der Waals surface area contributed by atoms with Crippen LogP contribution in [-0.4, -0.2) is 173 Å². The van der Waals surface area contributed by atoms with Crippen LogP contribution in [0.5, 0.6) is 0 Å². The summed E-state index contributed by atoms with van der Waals surface area (Å²) in [6, 6.07) is 0. The van der Waals surface area contributed by atoms with E-state index in [2.05, 4.69) is 20.4 Å². The van der Waals surface area contributed by atoms with E-state index in [1.54, 1.807) is 0 Å². The monoisotopic (exact) mass is 566 g/mol. The lowest BCUT2D eigenvalue weighted by Gasteiger charge is -2.23. The first-order valence-corrected chi connectivity index (χ1v) is 14.3. The van der Waals surface area contributed by atoms with Crippen molar-refractivity contribution >= 4 is 17.3 Å². The molecule has 2 N–H and O–H groups in total. The minimum atomic E-state index is 0.543. The van der Waals surface area contributed by atoms with Gasteiger partial charge in [0.2, 0.25) is 0 Å². The molecule has 0 radical (unpaired) electrons. The van der Waals surface area contributed by atoms with Crippen molar-refractivity contribution in [3.63, 3.8) is 0 Å². The van der Waals surface area contributed by atoms with Crippen molar-refractivity contribution in [3.8, 4) is 0 Å². The van der Waals surface area contributed by atoms with Crippen LogP contribution >= 0.6 is 12.2 Å². The van der Waals surface area contributed by atoms with Gasteiger partial charge in [-0.2, -0.15) is 0 Å². The van der Waals surface area contributed by atoms with Crippen LogP contribution < -0.4 is 10.6 Å². The highest BCUT2D eigenvalue weighted by atomic mass is 32.1. The largest absolute Gasteiger partial charge is 0.378 e. The Labute approximate surface area is 233 Å². The Morgan fingerprint density at radius 3 is 0.868 bits per heavy atom. The summed E-state index contributed by atoms with van der Waals surface area (Å²) in [6.07, 6.45) is 0. The van der Waals surface area contributed by atoms with E-state index in [1.165, 1.54) is 0 Å². The highest BCUT2D eigenvalue weighted by Gasteiger charge is 2.08. The number of nitrogens with zero attached hydrogens (tertiary/aromatic N) is 2. The average Bonchev–Trinajstić information content (AvgIpc) is 2.91. The van der Waals surface area contributed by atoms with Crippen molar-refractivity contribution < 1.29 is 37.9 Å². The molecule has 13 heteroatoms. The molecular weight excluding hydrogens is 516 g/mol. The lowest BCUT2D eigenvalue weighted by atomic mass is 10.4. The highest BCUT2D eigenvalue weighted by Crippen LogP contribution is 1.95. The van der Waals surface area contributed by atoms with E-state index in [1.807, 2.05) is 0 Å². The second-order valence-electron chi connectivity index (χ2n) is 8.76. The number of fused-ring (bicyclic) bond motifs is 32. The molecule has 12 nitrogen and oxygen atoms in total. The predicted octanol–water partition coefficient (Wildman–Crippen LogP) is -0.785. The van der Waals surface area contributed by atoms with Crippen molar-refractivity contribution in [2.45, 2.75) is 0 Å². The van der Waals surface area contributed by atoms with Crippen molar-refractivity contribution in [3.05, 3.63) is 0 Å². The number of hydrogen-bond acceptors (Lipinski definition) is 11. The summed E-state index contributed by atoms with van der Waals surface area (Å²) in [5.41, 5.74) is 0. The zero-order valence-corrected chi connectivity index (χ0v) is 23.9. The molecule has 3 heterocycles. The van der Waals surface area contributed by atoms with Gasteiger partial charge >= 0.3 is 0 Å². The van der Waals surface area contributed by atoms with E-state index in [4.69, 9.17) is 50.1 Å². The quantitative estimate of drug-likeness (QED) is 0.283. The fourth-order valence-electron chi connectivity index (χ4n) is 3.66. The van der Waals surface area contributed by atoms with Crippen LogP contribution in [0.2, 0.25) is 0 Å². The Kier molecular flexibility index (Phi) is 22.3. The number of ether oxygens (including phenoxy) is 8. The van der Waals surface area contributed by atoms with Crippen LogP contribution in [0.1, 0.15) is 0 Å².